The van der Waals surface area contributed by atoms with Gasteiger partial charge in [0.1, 0.15) is 0 Å². The summed E-state index contributed by atoms with van der Waals surface area (Å²) in [5.41, 5.74) is 0.621. The van der Waals surface area contributed by atoms with Gasteiger partial charge in [-0.3, -0.25) is 15.1 Å². The summed E-state index contributed by atoms with van der Waals surface area (Å²) in [4.78, 5) is 14.8. The highest BCUT2D eigenvalue weighted by Crippen LogP contribution is 2.40. The lowest BCUT2D eigenvalue weighted by molar-refractivity contribution is -0.385. The molecule has 0 heterocycles. The van der Waals surface area contributed by atoms with Gasteiger partial charge in [-0.25, -0.2) is 0 Å². The van der Waals surface area contributed by atoms with E-state index in [4.69, 9.17) is 9.47 Å². The number of nitrogens with zero attached hydrogens (tertiary/aromatic N) is 2. The van der Waals surface area contributed by atoms with Gasteiger partial charge in [-0.05, 0) is 61.9 Å². The maximum atomic E-state index is 12.9. The maximum Gasteiger partial charge on any atom is 0.416 e. The minimum atomic E-state index is -4.71. The first-order valence-corrected chi connectivity index (χ1v) is 9.58. The number of hydrogen-bond acceptors (Lipinski definition) is 5. The Labute approximate surface area is 182 Å². The van der Waals surface area contributed by atoms with E-state index in [0.717, 1.165) is 23.4 Å². The largest absolute Gasteiger partial charge is 0.490 e. The summed E-state index contributed by atoms with van der Waals surface area (Å²) in [5.74, 6) is 0.0711. The number of alkyl halides is 3. The first-order valence-electron chi connectivity index (χ1n) is 9.58. The van der Waals surface area contributed by atoms with Crippen LogP contribution in [0.25, 0.3) is 0 Å². The van der Waals surface area contributed by atoms with Gasteiger partial charge in [-0.15, -0.1) is 0 Å². The monoisotopic (exact) mass is 444 g/mol. The van der Waals surface area contributed by atoms with E-state index >= 15 is 0 Å². The Kier molecular flexibility index (Phi) is 6.77. The highest BCUT2D eigenvalue weighted by Gasteiger charge is 2.33. The summed E-state index contributed by atoms with van der Waals surface area (Å²) in [6.07, 6.45) is -3.09. The Morgan fingerprint density at radius 1 is 1.00 bits per heavy atom. The Bertz CT molecular complexity index is 1140. The number of halogens is 3. The highest BCUT2D eigenvalue weighted by atomic mass is 19.4. The molecule has 0 unspecified atom stereocenters. The second-order valence-corrected chi connectivity index (χ2v) is 6.77. The predicted octanol–water partition coefficient (Wildman–Crippen LogP) is 6.86. The van der Waals surface area contributed by atoms with E-state index in [0.29, 0.717) is 11.6 Å². The molecule has 0 saturated heterocycles. The van der Waals surface area contributed by atoms with E-state index in [-0.39, 0.29) is 23.9 Å². The van der Waals surface area contributed by atoms with Gasteiger partial charge in [0.15, 0.2) is 11.5 Å². The van der Waals surface area contributed by atoms with Crippen molar-refractivity contribution >= 4 is 17.6 Å². The van der Waals surface area contributed by atoms with Crippen molar-refractivity contribution in [2.45, 2.75) is 20.0 Å². The zero-order chi connectivity index (χ0) is 23.3. The predicted molar refractivity (Wildman–Crippen MR) is 114 cm³/mol. The summed E-state index contributed by atoms with van der Waals surface area (Å²) in [6.45, 7) is 4.00. The number of rotatable bonds is 7. The van der Waals surface area contributed by atoms with E-state index in [1.54, 1.807) is 25.3 Å². The van der Waals surface area contributed by atoms with Crippen LogP contribution in [0.2, 0.25) is 0 Å². The fourth-order valence-corrected chi connectivity index (χ4v) is 2.78. The van der Waals surface area contributed by atoms with Crippen LogP contribution in [0, 0.1) is 17.0 Å². The standard InChI is InChI=1S/C23H19F3N2O4/c1-3-31-22-12-16(14-27-18-8-4-15(2)5-9-18)6-10-21(22)32-20-11-7-17(23(24,25)26)13-19(20)28(29)30/h4-14H,3H2,1-2H3. The van der Waals surface area contributed by atoms with Crippen molar-refractivity contribution in [2.24, 2.45) is 4.99 Å². The topological polar surface area (TPSA) is 74.0 Å². The normalized spacial score (nSPS) is 11.5. The molecule has 3 rings (SSSR count). The van der Waals surface area contributed by atoms with Gasteiger partial charge in [-0.1, -0.05) is 17.7 Å². The summed E-state index contributed by atoms with van der Waals surface area (Å²) < 4.78 is 49.9. The molecular weight excluding hydrogens is 425 g/mol. The van der Waals surface area contributed by atoms with E-state index < -0.39 is 22.4 Å². The Morgan fingerprint density at radius 2 is 1.69 bits per heavy atom. The van der Waals surface area contributed by atoms with Crippen molar-refractivity contribution in [1.29, 1.82) is 0 Å². The minimum absolute atomic E-state index is 0.127. The molecule has 0 N–H and O–H groups in total. The highest BCUT2D eigenvalue weighted by molar-refractivity contribution is 5.83. The van der Waals surface area contributed by atoms with Crippen molar-refractivity contribution in [3.8, 4) is 17.2 Å². The van der Waals surface area contributed by atoms with Crippen LogP contribution < -0.4 is 9.47 Å². The first-order chi connectivity index (χ1) is 15.2. The third kappa shape index (κ3) is 5.63. The number of hydrogen-bond donors (Lipinski definition) is 0. The smallest absolute Gasteiger partial charge is 0.416 e. The van der Waals surface area contributed by atoms with Gasteiger partial charge in [0.25, 0.3) is 0 Å². The van der Waals surface area contributed by atoms with Crippen molar-refractivity contribution in [2.75, 3.05) is 6.61 Å². The van der Waals surface area contributed by atoms with Crippen LogP contribution in [-0.4, -0.2) is 17.7 Å². The lowest BCUT2D eigenvalue weighted by atomic mass is 10.1. The molecule has 0 aliphatic rings. The molecule has 0 aromatic heterocycles. The van der Waals surface area contributed by atoms with Crippen LogP contribution in [0.5, 0.6) is 17.2 Å². The van der Waals surface area contributed by atoms with Gasteiger partial charge in [-0.2, -0.15) is 13.2 Å². The molecule has 0 amide bonds. The fourth-order valence-electron chi connectivity index (χ4n) is 2.78. The molecule has 0 fully saturated rings. The summed E-state index contributed by atoms with van der Waals surface area (Å²) in [5, 5.41) is 11.3. The molecule has 9 heteroatoms. The van der Waals surface area contributed by atoms with Gasteiger partial charge < -0.3 is 9.47 Å². The quantitative estimate of drug-likeness (QED) is 0.227. The maximum absolute atomic E-state index is 12.9. The molecule has 0 saturated carbocycles. The number of nitro groups is 1. The Morgan fingerprint density at radius 3 is 2.31 bits per heavy atom. The zero-order valence-corrected chi connectivity index (χ0v) is 17.2. The second-order valence-electron chi connectivity index (χ2n) is 6.77. The second kappa shape index (κ2) is 9.51. The van der Waals surface area contributed by atoms with Crippen LogP contribution >= 0.6 is 0 Å². The Balaban J connectivity index is 1.91. The van der Waals surface area contributed by atoms with Crippen LogP contribution in [0.15, 0.2) is 65.7 Å². The molecule has 0 aliphatic heterocycles. The lowest BCUT2D eigenvalue weighted by Crippen LogP contribution is -2.06. The van der Waals surface area contributed by atoms with Gasteiger partial charge in [0.2, 0.25) is 5.75 Å². The van der Waals surface area contributed by atoms with Crippen LogP contribution in [-0.2, 0) is 6.18 Å². The van der Waals surface area contributed by atoms with Crippen molar-refractivity contribution in [1.82, 2.24) is 0 Å². The molecule has 6 nitrogen and oxygen atoms in total. The van der Waals surface area contributed by atoms with Crippen molar-refractivity contribution < 1.29 is 27.6 Å². The molecule has 0 aliphatic carbocycles. The number of ether oxygens (including phenoxy) is 2. The summed E-state index contributed by atoms with van der Waals surface area (Å²) in [6, 6.07) is 14.5. The Hall–Kier alpha value is -3.88. The van der Waals surface area contributed by atoms with Crippen LogP contribution in [0.3, 0.4) is 0 Å². The van der Waals surface area contributed by atoms with Crippen molar-refractivity contribution in [3.63, 3.8) is 0 Å². The number of benzene rings is 3. The molecule has 32 heavy (non-hydrogen) atoms. The average Bonchev–Trinajstić information content (AvgIpc) is 2.74. The van der Waals surface area contributed by atoms with Crippen LogP contribution in [0.1, 0.15) is 23.6 Å². The number of aryl methyl sites for hydroxylation is 1. The first kappa shape index (κ1) is 22.8. The molecule has 166 valence electrons. The number of nitro benzene ring substituents is 1. The lowest BCUT2D eigenvalue weighted by Gasteiger charge is -2.13. The molecule has 3 aromatic rings. The third-order valence-electron chi connectivity index (χ3n) is 4.37. The van der Waals surface area contributed by atoms with Crippen molar-refractivity contribution in [3.05, 3.63) is 87.5 Å². The average molecular weight is 444 g/mol. The minimum Gasteiger partial charge on any atom is -0.490 e. The molecule has 0 bridgehead atoms. The SMILES string of the molecule is CCOc1cc(C=Nc2ccc(C)cc2)ccc1Oc1ccc(C(F)(F)F)cc1[N+](=O)[O-]. The van der Waals surface area contributed by atoms with Gasteiger partial charge in [0, 0.05) is 12.3 Å². The van der Waals surface area contributed by atoms with E-state index in [9.17, 15) is 23.3 Å². The third-order valence-corrected chi connectivity index (χ3v) is 4.37. The zero-order valence-electron chi connectivity index (χ0n) is 17.2. The fraction of sp³-hybridized carbons (Fsp3) is 0.174. The molecule has 0 radical (unpaired) electrons. The van der Waals surface area contributed by atoms with E-state index in [1.165, 1.54) is 6.07 Å². The summed E-state index contributed by atoms with van der Waals surface area (Å²) >= 11 is 0. The molecule has 0 atom stereocenters. The molecule has 3 aromatic carbocycles. The number of aliphatic imine (C=N–C) groups is 1. The summed E-state index contributed by atoms with van der Waals surface area (Å²) in [7, 11) is 0. The van der Waals surface area contributed by atoms with Gasteiger partial charge >= 0.3 is 11.9 Å². The van der Waals surface area contributed by atoms with Gasteiger partial charge in [0.05, 0.1) is 22.8 Å². The van der Waals surface area contributed by atoms with Crippen LogP contribution in [0.4, 0.5) is 24.5 Å². The van der Waals surface area contributed by atoms with E-state index in [2.05, 4.69) is 4.99 Å². The molecular formula is C23H19F3N2O4. The molecule has 0 spiro atoms. The van der Waals surface area contributed by atoms with E-state index in [1.807, 2.05) is 31.2 Å².